The average molecular weight is 362 g/mol. The van der Waals surface area contributed by atoms with Crippen molar-refractivity contribution in [3.8, 4) is 16.3 Å². The number of aliphatic carboxylic acids is 1. The molecule has 1 aromatic carbocycles. The number of thiazole rings is 1. The Morgan fingerprint density at radius 2 is 1.96 bits per heavy atom. The Balaban J connectivity index is 2.15. The van der Waals surface area contributed by atoms with Crippen LogP contribution in [0.3, 0.4) is 0 Å². The quantitative estimate of drug-likeness (QED) is 0.777. The van der Waals surface area contributed by atoms with E-state index in [1.807, 2.05) is 31.2 Å². The first-order valence-electron chi connectivity index (χ1n) is 8.14. The Morgan fingerprint density at radius 3 is 2.52 bits per heavy atom. The number of carboxylic acids is 1. The van der Waals surface area contributed by atoms with E-state index in [4.69, 9.17) is 9.84 Å². The van der Waals surface area contributed by atoms with Gasteiger partial charge in [-0.25, -0.2) is 4.98 Å². The number of hydrogen-bond donors (Lipinski definition) is 1. The third-order valence-corrected chi connectivity index (χ3v) is 4.38. The zero-order chi connectivity index (χ0) is 18.4. The van der Waals surface area contributed by atoms with Crippen molar-refractivity contribution in [3.63, 3.8) is 0 Å². The molecule has 0 bridgehead atoms. The fourth-order valence-corrected chi connectivity index (χ4v) is 3.00. The number of carboxylic acid groups (broad SMARTS) is 1. The van der Waals surface area contributed by atoms with Crippen LogP contribution in [0.1, 0.15) is 37.7 Å². The standard InChI is InChI=1S/C18H22N2O4S/c1-4-9-24-14-7-5-13(6-8-14)17-19-15(11-25-17)18(23)20(12(2)3)10-16(21)22/h5-8,11-12H,4,9-10H2,1-3H3,(H,21,22). The minimum absolute atomic E-state index is 0.219. The van der Waals surface area contributed by atoms with Gasteiger partial charge in [0.25, 0.3) is 5.91 Å². The topological polar surface area (TPSA) is 79.7 Å². The van der Waals surface area contributed by atoms with E-state index in [-0.39, 0.29) is 24.2 Å². The fourth-order valence-electron chi connectivity index (χ4n) is 2.20. The molecule has 0 fully saturated rings. The van der Waals surface area contributed by atoms with E-state index in [1.54, 1.807) is 19.2 Å². The van der Waals surface area contributed by atoms with Crippen LogP contribution >= 0.6 is 11.3 Å². The first-order chi connectivity index (χ1) is 11.9. The van der Waals surface area contributed by atoms with Crippen molar-refractivity contribution < 1.29 is 19.4 Å². The van der Waals surface area contributed by atoms with Gasteiger partial charge >= 0.3 is 5.97 Å². The fraction of sp³-hybridized carbons (Fsp3) is 0.389. The minimum Gasteiger partial charge on any atom is -0.494 e. The van der Waals surface area contributed by atoms with Gasteiger partial charge in [0.15, 0.2) is 0 Å². The van der Waals surface area contributed by atoms with Gasteiger partial charge in [-0.05, 0) is 44.5 Å². The van der Waals surface area contributed by atoms with Crippen molar-refractivity contribution in [3.05, 3.63) is 35.3 Å². The van der Waals surface area contributed by atoms with Gasteiger partial charge in [0.05, 0.1) is 6.61 Å². The molecule has 2 aromatic rings. The molecule has 1 heterocycles. The first-order valence-corrected chi connectivity index (χ1v) is 9.01. The van der Waals surface area contributed by atoms with Crippen molar-refractivity contribution in [2.45, 2.75) is 33.2 Å². The molecule has 0 saturated heterocycles. The summed E-state index contributed by atoms with van der Waals surface area (Å²) in [6.07, 6.45) is 0.947. The number of benzene rings is 1. The maximum absolute atomic E-state index is 12.5. The molecule has 0 unspecified atom stereocenters. The third kappa shape index (κ3) is 5.03. The summed E-state index contributed by atoms with van der Waals surface area (Å²) in [5.74, 6) is -0.617. The molecule has 0 saturated carbocycles. The Labute approximate surface area is 151 Å². The average Bonchev–Trinajstić information content (AvgIpc) is 3.07. The van der Waals surface area contributed by atoms with Crippen molar-refractivity contribution in [1.82, 2.24) is 9.88 Å². The van der Waals surface area contributed by atoms with Gasteiger partial charge in [-0.1, -0.05) is 6.92 Å². The Morgan fingerprint density at radius 1 is 1.28 bits per heavy atom. The van der Waals surface area contributed by atoms with Gasteiger partial charge in [0.2, 0.25) is 0 Å². The molecule has 25 heavy (non-hydrogen) atoms. The van der Waals surface area contributed by atoms with E-state index >= 15 is 0 Å². The Kier molecular flexibility index (Phi) is 6.52. The van der Waals surface area contributed by atoms with Crippen molar-refractivity contribution in [1.29, 1.82) is 0 Å². The first kappa shape index (κ1) is 18.9. The number of hydrogen-bond acceptors (Lipinski definition) is 5. The zero-order valence-corrected chi connectivity index (χ0v) is 15.4. The summed E-state index contributed by atoms with van der Waals surface area (Å²) in [6, 6.07) is 7.33. The molecule has 0 aliphatic rings. The molecule has 6 nitrogen and oxygen atoms in total. The number of rotatable bonds is 8. The molecule has 0 aliphatic carbocycles. The summed E-state index contributed by atoms with van der Waals surface area (Å²) in [7, 11) is 0. The van der Waals surface area contributed by atoms with E-state index < -0.39 is 5.97 Å². The Bertz CT molecular complexity index is 725. The number of carbonyl (C=O) groups excluding carboxylic acids is 1. The van der Waals surface area contributed by atoms with Crippen LogP contribution in [0.2, 0.25) is 0 Å². The lowest BCUT2D eigenvalue weighted by molar-refractivity contribution is -0.138. The summed E-state index contributed by atoms with van der Waals surface area (Å²) in [5, 5.41) is 11.4. The van der Waals surface area contributed by atoms with Crippen LogP contribution < -0.4 is 4.74 Å². The number of nitrogens with zero attached hydrogens (tertiary/aromatic N) is 2. The van der Waals surface area contributed by atoms with E-state index in [0.717, 1.165) is 17.7 Å². The van der Waals surface area contributed by atoms with E-state index in [2.05, 4.69) is 4.98 Å². The molecule has 134 valence electrons. The van der Waals surface area contributed by atoms with Crippen LogP contribution in [-0.4, -0.2) is 46.1 Å². The van der Waals surface area contributed by atoms with Gasteiger partial charge in [-0.3, -0.25) is 9.59 Å². The normalized spacial score (nSPS) is 10.7. The van der Waals surface area contributed by atoms with Gasteiger partial charge in [-0.2, -0.15) is 0 Å². The molecular weight excluding hydrogens is 340 g/mol. The summed E-state index contributed by atoms with van der Waals surface area (Å²) >= 11 is 1.36. The molecule has 2 rings (SSSR count). The summed E-state index contributed by atoms with van der Waals surface area (Å²) < 4.78 is 5.55. The molecule has 7 heteroatoms. The summed E-state index contributed by atoms with van der Waals surface area (Å²) in [4.78, 5) is 29.2. The second-order valence-electron chi connectivity index (χ2n) is 5.83. The second kappa shape index (κ2) is 8.62. The number of amides is 1. The number of ether oxygens (including phenoxy) is 1. The number of carbonyl (C=O) groups is 2. The maximum Gasteiger partial charge on any atom is 0.323 e. The van der Waals surface area contributed by atoms with Crippen LogP contribution in [0.15, 0.2) is 29.6 Å². The van der Waals surface area contributed by atoms with Gasteiger partial charge in [-0.15, -0.1) is 11.3 Å². The van der Waals surface area contributed by atoms with Crippen LogP contribution in [-0.2, 0) is 4.79 Å². The van der Waals surface area contributed by atoms with Crippen LogP contribution in [0.25, 0.3) is 10.6 Å². The highest BCUT2D eigenvalue weighted by atomic mass is 32.1. The van der Waals surface area contributed by atoms with Crippen molar-refractivity contribution in [2.75, 3.05) is 13.2 Å². The molecule has 1 amide bonds. The van der Waals surface area contributed by atoms with Crippen LogP contribution in [0.4, 0.5) is 0 Å². The molecule has 0 spiro atoms. The lowest BCUT2D eigenvalue weighted by Crippen LogP contribution is -2.40. The van der Waals surface area contributed by atoms with Gasteiger partial charge < -0.3 is 14.7 Å². The lowest BCUT2D eigenvalue weighted by atomic mass is 10.2. The monoisotopic (exact) mass is 362 g/mol. The predicted octanol–water partition coefficient (Wildman–Crippen LogP) is 3.53. The maximum atomic E-state index is 12.5. The number of aromatic nitrogens is 1. The van der Waals surface area contributed by atoms with Crippen LogP contribution in [0, 0.1) is 0 Å². The second-order valence-corrected chi connectivity index (χ2v) is 6.69. The van der Waals surface area contributed by atoms with Gasteiger partial charge in [0.1, 0.15) is 23.0 Å². The van der Waals surface area contributed by atoms with Crippen LogP contribution in [0.5, 0.6) is 5.75 Å². The molecule has 0 atom stereocenters. The zero-order valence-electron chi connectivity index (χ0n) is 14.6. The minimum atomic E-state index is -1.04. The largest absolute Gasteiger partial charge is 0.494 e. The van der Waals surface area contributed by atoms with Crippen molar-refractivity contribution >= 4 is 23.2 Å². The SMILES string of the molecule is CCCOc1ccc(-c2nc(C(=O)N(CC(=O)O)C(C)C)cs2)cc1. The van der Waals surface area contributed by atoms with E-state index in [9.17, 15) is 9.59 Å². The molecule has 0 radical (unpaired) electrons. The summed E-state index contributed by atoms with van der Waals surface area (Å²) in [6.45, 7) is 5.94. The molecular formula is C18H22N2O4S. The highest BCUT2D eigenvalue weighted by Crippen LogP contribution is 2.26. The summed E-state index contributed by atoms with van der Waals surface area (Å²) in [5.41, 5.74) is 1.16. The van der Waals surface area contributed by atoms with Gasteiger partial charge in [0, 0.05) is 17.0 Å². The van der Waals surface area contributed by atoms with E-state index in [1.165, 1.54) is 16.2 Å². The molecule has 1 N–H and O–H groups in total. The molecule has 1 aromatic heterocycles. The lowest BCUT2D eigenvalue weighted by Gasteiger charge is -2.23. The predicted molar refractivity (Wildman–Crippen MR) is 97.1 cm³/mol. The third-order valence-electron chi connectivity index (χ3n) is 3.49. The van der Waals surface area contributed by atoms with E-state index in [0.29, 0.717) is 11.6 Å². The van der Waals surface area contributed by atoms with Crippen molar-refractivity contribution in [2.24, 2.45) is 0 Å². The Hall–Kier alpha value is -2.41. The highest BCUT2D eigenvalue weighted by Gasteiger charge is 2.23. The molecule has 0 aliphatic heterocycles. The highest BCUT2D eigenvalue weighted by molar-refractivity contribution is 7.13. The smallest absolute Gasteiger partial charge is 0.323 e.